The molecule has 0 saturated carbocycles. The van der Waals surface area contributed by atoms with E-state index in [9.17, 15) is 27.2 Å². The fraction of sp³-hybridized carbons (Fsp3) is 0.235. The zero-order valence-corrected chi connectivity index (χ0v) is 15.0. The number of hydrogen-bond acceptors (Lipinski definition) is 3. The third-order valence-corrected chi connectivity index (χ3v) is 3.87. The van der Waals surface area contributed by atoms with E-state index in [4.69, 9.17) is 16.7 Å². The number of carbonyl (C=O) groups is 2. The number of benzene rings is 1. The molecule has 0 spiro atoms. The quantitative estimate of drug-likeness (QED) is 0.501. The van der Waals surface area contributed by atoms with Crippen LogP contribution in [0.25, 0.3) is 0 Å². The van der Waals surface area contributed by atoms with Gasteiger partial charge < -0.3 is 15.7 Å². The number of carbonyl (C=O) groups excluding carboxylic acids is 1. The average molecular weight is 420 g/mol. The van der Waals surface area contributed by atoms with Crippen LogP contribution >= 0.6 is 11.6 Å². The molecule has 0 radical (unpaired) electrons. The third-order valence-electron chi connectivity index (χ3n) is 3.67. The molecule has 2 rings (SSSR count). The molecule has 11 heteroatoms. The first kappa shape index (κ1) is 21.4. The molecular weight excluding hydrogens is 406 g/mol. The molecule has 0 aliphatic rings. The number of alkyl halides is 3. The van der Waals surface area contributed by atoms with Crippen molar-refractivity contribution >= 4 is 23.6 Å². The van der Waals surface area contributed by atoms with Crippen molar-refractivity contribution in [3.63, 3.8) is 0 Å². The van der Waals surface area contributed by atoms with Gasteiger partial charge in [0.05, 0.1) is 11.6 Å². The van der Waals surface area contributed by atoms with Crippen molar-refractivity contribution in [2.24, 2.45) is 0 Å². The number of aromatic nitrogens is 1. The maximum absolute atomic E-state index is 13.4. The number of nitrogens with one attached hydrogen (secondary N) is 2. The number of hydrogen-bond donors (Lipinski definition) is 3. The Balaban J connectivity index is 2.20. The normalized spacial score (nSPS) is 12.4. The van der Waals surface area contributed by atoms with Gasteiger partial charge in [-0.25, -0.2) is 14.2 Å². The van der Waals surface area contributed by atoms with E-state index >= 15 is 0 Å². The predicted octanol–water partition coefficient (Wildman–Crippen LogP) is 4.15. The first-order chi connectivity index (χ1) is 13.0. The maximum atomic E-state index is 13.4. The molecule has 0 aliphatic carbocycles. The lowest BCUT2D eigenvalue weighted by Gasteiger charge is -2.17. The molecule has 2 aromatic rings. The van der Waals surface area contributed by atoms with Crippen LogP contribution in [0.4, 0.5) is 22.4 Å². The highest BCUT2D eigenvalue weighted by molar-refractivity contribution is 6.29. The second-order valence-corrected chi connectivity index (χ2v) is 6.16. The minimum Gasteiger partial charge on any atom is -0.465 e. The molecule has 28 heavy (non-hydrogen) atoms. The fourth-order valence-corrected chi connectivity index (χ4v) is 2.56. The molecule has 0 fully saturated rings. The Morgan fingerprint density at radius 2 is 1.93 bits per heavy atom. The largest absolute Gasteiger partial charge is 0.465 e. The van der Waals surface area contributed by atoms with Crippen molar-refractivity contribution in [3.8, 4) is 0 Å². The minimum atomic E-state index is -4.87. The molecule has 2 amide bonds. The lowest BCUT2D eigenvalue weighted by atomic mass is 10.0. The second-order valence-electron chi connectivity index (χ2n) is 5.77. The molecule has 1 atom stereocenters. The number of rotatable bonds is 5. The van der Waals surface area contributed by atoms with Gasteiger partial charge in [-0.2, -0.15) is 13.2 Å². The van der Waals surface area contributed by atoms with Gasteiger partial charge in [0.2, 0.25) is 0 Å². The van der Waals surface area contributed by atoms with Crippen LogP contribution in [0.15, 0.2) is 30.3 Å². The molecule has 1 heterocycles. The van der Waals surface area contributed by atoms with E-state index in [1.165, 1.54) is 19.1 Å². The van der Waals surface area contributed by atoms with Crippen molar-refractivity contribution in [3.05, 3.63) is 63.7 Å². The monoisotopic (exact) mass is 419 g/mol. The van der Waals surface area contributed by atoms with Crippen molar-refractivity contribution in [1.29, 1.82) is 0 Å². The Hall–Kier alpha value is -2.88. The smallest absolute Gasteiger partial charge is 0.419 e. The third kappa shape index (κ3) is 5.56. The number of nitrogens with zero attached hydrogens (tertiary/aromatic N) is 1. The Morgan fingerprint density at radius 1 is 1.25 bits per heavy atom. The summed E-state index contributed by atoms with van der Waals surface area (Å²) in [5.74, 6) is -2.16. The van der Waals surface area contributed by atoms with Gasteiger partial charge in [-0.15, -0.1) is 0 Å². The lowest BCUT2D eigenvalue weighted by Crippen LogP contribution is -2.28. The van der Waals surface area contributed by atoms with Crippen LogP contribution < -0.4 is 10.6 Å². The summed E-state index contributed by atoms with van der Waals surface area (Å²) in [7, 11) is 0. The van der Waals surface area contributed by atoms with Crippen LogP contribution in [0.3, 0.4) is 0 Å². The van der Waals surface area contributed by atoms with Gasteiger partial charge in [0.1, 0.15) is 16.7 Å². The van der Waals surface area contributed by atoms with Crippen molar-refractivity contribution in [2.45, 2.75) is 25.7 Å². The van der Waals surface area contributed by atoms with Gasteiger partial charge in [0.15, 0.2) is 0 Å². The van der Waals surface area contributed by atoms with Gasteiger partial charge in [0.25, 0.3) is 5.91 Å². The Labute approximate surface area is 161 Å². The highest BCUT2D eigenvalue weighted by Gasteiger charge is 2.34. The molecule has 1 aromatic heterocycles. The number of pyridine rings is 1. The molecule has 0 unspecified atom stereocenters. The van der Waals surface area contributed by atoms with Crippen molar-refractivity contribution in [1.82, 2.24) is 15.6 Å². The van der Waals surface area contributed by atoms with Crippen molar-refractivity contribution in [2.75, 3.05) is 0 Å². The molecular formula is C17H14ClF4N3O3. The first-order valence-electron chi connectivity index (χ1n) is 7.78. The summed E-state index contributed by atoms with van der Waals surface area (Å²) < 4.78 is 51.9. The Kier molecular flexibility index (Phi) is 6.45. The van der Waals surface area contributed by atoms with Gasteiger partial charge in [-0.05, 0) is 42.3 Å². The number of amides is 2. The topological polar surface area (TPSA) is 91.3 Å². The zero-order chi connectivity index (χ0) is 21.1. The predicted molar refractivity (Wildman–Crippen MR) is 91.4 cm³/mol. The van der Waals surface area contributed by atoms with Crippen LogP contribution in [0.2, 0.25) is 5.15 Å². The Bertz CT molecular complexity index is 906. The molecule has 0 aliphatic heterocycles. The summed E-state index contributed by atoms with van der Waals surface area (Å²) in [4.78, 5) is 26.7. The summed E-state index contributed by atoms with van der Waals surface area (Å²) in [6.45, 7) is 1.29. The second kappa shape index (κ2) is 8.42. The standard InChI is InChI=1S/C17H14ClF4N3O3/c1-8(10-2-3-12(19)11(6-10)17(20,21)22)24-15(26)13-4-9(5-14(18)25-13)7-23-16(27)28/h2-6,8,23H,7H2,1H3,(H,24,26)(H,27,28)/t8-/m0/s1. The first-order valence-corrected chi connectivity index (χ1v) is 8.16. The highest BCUT2D eigenvalue weighted by Crippen LogP contribution is 2.33. The van der Waals surface area contributed by atoms with Gasteiger partial charge in [-0.3, -0.25) is 4.79 Å². The molecule has 150 valence electrons. The van der Waals surface area contributed by atoms with E-state index in [-0.39, 0.29) is 23.0 Å². The van der Waals surface area contributed by atoms with Crippen LogP contribution in [0, 0.1) is 5.82 Å². The SMILES string of the molecule is C[C@H](NC(=O)c1cc(CNC(=O)O)cc(Cl)n1)c1ccc(F)c(C(F)(F)F)c1. The van der Waals surface area contributed by atoms with Gasteiger partial charge in [-0.1, -0.05) is 17.7 Å². The van der Waals surface area contributed by atoms with E-state index in [0.717, 1.165) is 6.07 Å². The number of halogens is 5. The summed E-state index contributed by atoms with van der Waals surface area (Å²) >= 11 is 5.82. The Morgan fingerprint density at radius 3 is 2.54 bits per heavy atom. The summed E-state index contributed by atoms with van der Waals surface area (Å²) in [6, 6.07) is 4.17. The number of carboxylic acid groups (broad SMARTS) is 1. The van der Waals surface area contributed by atoms with Crippen LogP contribution in [0.1, 0.15) is 40.1 Å². The van der Waals surface area contributed by atoms with Crippen molar-refractivity contribution < 1.29 is 32.3 Å². The van der Waals surface area contributed by atoms with Crippen LogP contribution in [0.5, 0.6) is 0 Å². The molecule has 6 nitrogen and oxygen atoms in total. The van der Waals surface area contributed by atoms with E-state index in [1.54, 1.807) is 0 Å². The van der Waals surface area contributed by atoms with E-state index in [0.29, 0.717) is 17.7 Å². The minimum absolute atomic E-state index is 0.0388. The molecule has 0 bridgehead atoms. The molecule has 1 aromatic carbocycles. The van der Waals surface area contributed by atoms with Gasteiger partial charge >= 0.3 is 12.3 Å². The summed E-state index contributed by atoms with van der Waals surface area (Å²) in [5.41, 5.74) is -1.19. The van der Waals surface area contributed by atoms with E-state index in [1.807, 2.05) is 0 Å². The average Bonchev–Trinajstić information content (AvgIpc) is 2.58. The highest BCUT2D eigenvalue weighted by atomic mass is 35.5. The van der Waals surface area contributed by atoms with E-state index in [2.05, 4.69) is 15.6 Å². The summed E-state index contributed by atoms with van der Waals surface area (Å²) in [5, 5.41) is 13.1. The van der Waals surface area contributed by atoms with Crippen LogP contribution in [-0.4, -0.2) is 22.1 Å². The fourth-order valence-electron chi connectivity index (χ4n) is 2.33. The van der Waals surface area contributed by atoms with Gasteiger partial charge in [0, 0.05) is 6.54 Å². The molecule has 0 saturated heterocycles. The maximum Gasteiger partial charge on any atom is 0.419 e. The lowest BCUT2D eigenvalue weighted by molar-refractivity contribution is -0.140. The zero-order valence-electron chi connectivity index (χ0n) is 14.3. The summed E-state index contributed by atoms with van der Waals surface area (Å²) in [6.07, 6.45) is -6.14. The van der Waals surface area contributed by atoms with E-state index < -0.39 is 35.6 Å². The van der Waals surface area contributed by atoms with Crippen LogP contribution in [-0.2, 0) is 12.7 Å². The molecule has 3 N–H and O–H groups in total.